The number of aryl methyl sites for hydroxylation is 1. The highest BCUT2D eigenvalue weighted by Crippen LogP contribution is 2.19. The Morgan fingerprint density at radius 3 is 2.70 bits per heavy atom. The minimum absolute atomic E-state index is 0.0644. The molecule has 0 atom stereocenters. The van der Waals surface area contributed by atoms with Crippen molar-refractivity contribution in [1.29, 1.82) is 0 Å². The van der Waals surface area contributed by atoms with Gasteiger partial charge in [0.2, 0.25) is 15.9 Å². The Balaban J connectivity index is 1.44. The maximum Gasteiger partial charge on any atom is 0.240 e. The zero-order chi connectivity index (χ0) is 21.1. The maximum absolute atomic E-state index is 13.5. The largest absolute Gasteiger partial charge is 0.475 e. The summed E-state index contributed by atoms with van der Waals surface area (Å²) in [4.78, 5) is 0.200. The van der Waals surface area contributed by atoms with Crippen LogP contribution in [0.3, 0.4) is 0 Å². The van der Waals surface area contributed by atoms with Crippen LogP contribution in [0.5, 0.6) is 5.88 Å². The summed E-state index contributed by atoms with van der Waals surface area (Å²) in [6, 6.07) is 15.9. The van der Waals surface area contributed by atoms with Gasteiger partial charge in [0.05, 0.1) is 4.90 Å². The molecule has 2 aromatic carbocycles. The normalized spacial score (nSPS) is 11.7. The number of halogens is 1. The Morgan fingerprint density at radius 1 is 1.07 bits per heavy atom. The number of hydrogen-bond donors (Lipinski definition) is 1. The van der Waals surface area contributed by atoms with E-state index < -0.39 is 15.8 Å². The quantitative estimate of drug-likeness (QED) is 0.455. The molecule has 4 rings (SSSR count). The molecule has 30 heavy (non-hydrogen) atoms. The van der Waals surface area contributed by atoms with Crippen LogP contribution < -0.4 is 9.46 Å². The third-order valence-corrected chi connectivity index (χ3v) is 5.72. The SMILES string of the molecule is Cc1cccc(S(=O)(=O)NCCOc2ccc3nnc(-c4cccc(F)c4)n3n2)c1. The van der Waals surface area contributed by atoms with E-state index in [1.54, 1.807) is 36.4 Å². The molecular formula is C20H18FN5O3S. The van der Waals surface area contributed by atoms with Crippen molar-refractivity contribution in [3.8, 4) is 17.3 Å². The van der Waals surface area contributed by atoms with Crippen molar-refractivity contribution < 1.29 is 17.5 Å². The molecule has 0 fully saturated rings. The Bertz CT molecular complexity index is 1310. The predicted molar refractivity (Wildman–Crippen MR) is 108 cm³/mol. The fraction of sp³-hybridized carbons (Fsp3) is 0.150. The van der Waals surface area contributed by atoms with E-state index in [2.05, 4.69) is 20.0 Å². The lowest BCUT2D eigenvalue weighted by atomic mass is 10.2. The first-order chi connectivity index (χ1) is 14.4. The predicted octanol–water partition coefficient (Wildman–Crippen LogP) is 2.60. The molecule has 4 aromatic rings. The summed E-state index contributed by atoms with van der Waals surface area (Å²) in [6.45, 7) is 1.96. The number of aromatic nitrogens is 4. The lowest BCUT2D eigenvalue weighted by Crippen LogP contribution is -2.28. The molecule has 154 valence electrons. The van der Waals surface area contributed by atoms with Crippen molar-refractivity contribution in [2.24, 2.45) is 0 Å². The van der Waals surface area contributed by atoms with E-state index in [4.69, 9.17) is 4.74 Å². The molecule has 0 saturated heterocycles. The molecule has 0 aliphatic heterocycles. The third-order valence-electron chi connectivity index (χ3n) is 4.27. The molecule has 2 heterocycles. The molecule has 0 unspecified atom stereocenters. The number of rotatable bonds is 7. The fourth-order valence-corrected chi connectivity index (χ4v) is 3.97. The first-order valence-corrected chi connectivity index (χ1v) is 10.6. The summed E-state index contributed by atoms with van der Waals surface area (Å²) >= 11 is 0. The van der Waals surface area contributed by atoms with Crippen LogP contribution in [0.15, 0.2) is 65.6 Å². The molecule has 0 radical (unpaired) electrons. The molecule has 0 saturated carbocycles. The van der Waals surface area contributed by atoms with Crippen LogP contribution in [0.2, 0.25) is 0 Å². The molecule has 0 bridgehead atoms. The molecule has 0 aliphatic carbocycles. The van der Waals surface area contributed by atoms with E-state index in [1.165, 1.54) is 22.7 Å². The first kappa shape index (κ1) is 19.9. The number of sulfonamides is 1. The molecule has 10 heteroatoms. The van der Waals surface area contributed by atoms with Crippen molar-refractivity contribution in [3.63, 3.8) is 0 Å². The molecule has 8 nitrogen and oxygen atoms in total. The van der Waals surface area contributed by atoms with Crippen molar-refractivity contribution in [2.45, 2.75) is 11.8 Å². The summed E-state index contributed by atoms with van der Waals surface area (Å²) in [5, 5.41) is 12.4. The highest BCUT2D eigenvalue weighted by atomic mass is 32.2. The molecule has 0 spiro atoms. The number of nitrogens with zero attached hydrogens (tertiary/aromatic N) is 4. The molecule has 1 N–H and O–H groups in total. The van der Waals surface area contributed by atoms with Crippen LogP contribution >= 0.6 is 0 Å². The summed E-state index contributed by atoms with van der Waals surface area (Å²) in [6.07, 6.45) is 0. The standard InChI is InChI=1S/C20H18FN5O3S/c1-14-4-2-7-17(12-14)30(27,28)22-10-11-29-19-9-8-18-23-24-20(26(18)25-19)15-5-3-6-16(21)13-15/h2-9,12-13,22H,10-11H2,1H3. The summed E-state index contributed by atoms with van der Waals surface area (Å²) in [5.74, 6) is 0.238. The monoisotopic (exact) mass is 427 g/mol. The average Bonchev–Trinajstić information content (AvgIpc) is 3.14. The van der Waals surface area contributed by atoms with Crippen LogP contribution in [0, 0.1) is 12.7 Å². The van der Waals surface area contributed by atoms with Crippen LogP contribution in [0.25, 0.3) is 17.0 Å². The number of nitrogens with one attached hydrogen (secondary N) is 1. The molecular weight excluding hydrogens is 409 g/mol. The van der Waals surface area contributed by atoms with Crippen molar-refractivity contribution in [2.75, 3.05) is 13.2 Å². The first-order valence-electron chi connectivity index (χ1n) is 9.10. The number of fused-ring (bicyclic) bond motifs is 1. The number of benzene rings is 2. The third kappa shape index (κ3) is 4.29. The van der Waals surface area contributed by atoms with Gasteiger partial charge in [-0.2, -0.15) is 4.52 Å². The zero-order valence-electron chi connectivity index (χ0n) is 16.0. The summed E-state index contributed by atoms with van der Waals surface area (Å²) < 4.78 is 47.7. The van der Waals surface area contributed by atoms with E-state index >= 15 is 0 Å². The summed E-state index contributed by atoms with van der Waals surface area (Å²) in [7, 11) is -3.62. The van der Waals surface area contributed by atoms with E-state index in [-0.39, 0.29) is 23.9 Å². The fourth-order valence-electron chi connectivity index (χ4n) is 2.85. The zero-order valence-corrected chi connectivity index (χ0v) is 16.8. The second-order valence-electron chi connectivity index (χ2n) is 6.54. The molecule has 0 amide bonds. The Kier molecular flexibility index (Phi) is 5.42. The highest BCUT2D eigenvalue weighted by Gasteiger charge is 2.14. The van der Waals surface area contributed by atoms with Gasteiger partial charge in [-0.05, 0) is 42.8 Å². The maximum atomic E-state index is 13.5. The number of hydrogen-bond acceptors (Lipinski definition) is 6. The van der Waals surface area contributed by atoms with Gasteiger partial charge in [-0.1, -0.05) is 24.3 Å². The molecule has 2 aromatic heterocycles. The van der Waals surface area contributed by atoms with Crippen LogP contribution in [0.4, 0.5) is 4.39 Å². The van der Waals surface area contributed by atoms with Crippen molar-refractivity contribution >= 4 is 15.7 Å². The lowest BCUT2D eigenvalue weighted by molar-refractivity contribution is 0.306. The van der Waals surface area contributed by atoms with Gasteiger partial charge in [-0.25, -0.2) is 17.5 Å². The van der Waals surface area contributed by atoms with E-state index in [9.17, 15) is 12.8 Å². The lowest BCUT2D eigenvalue weighted by Gasteiger charge is -2.09. The van der Waals surface area contributed by atoms with E-state index in [0.29, 0.717) is 17.0 Å². The van der Waals surface area contributed by atoms with Gasteiger partial charge in [0, 0.05) is 18.2 Å². The van der Waals surface area contributed by atoms with Crippen molar-refractivity contribution in [1.82, 2.24) is 24.5 Å². The van der Waals surface area contributed by atoms with Crippen LogP contribution in [-0.2, 0) is 10.0 Å². The number of ether oxygens (including phenoxy) is 1. The summed E-state index contributed by atoms with van der Waals surface area (Å²) in [5.41, 5.74) is 1.86. The topological polar surface area (TPSA) is 98.5 Å². The second-order valence-corrected chi connectivity index (χ2v) is 8.31. The van der Waals surface area contributed by atoms with Gasteiger partial charge in [-0.15, -0.1) is 15.3 Å². The van der Waals surface area contributed by atoms with Gasteiger partial charge in [0.1, 0.15) is 12.4 Å². The van der Waals surface area contributed by atoms with Crippen molar-refractivity contribution in [3.05, 3.63) is 72.0 Å². The Hall–Kier alpha value is -3.37. The van der Waals surface area contributed by atoms with Gasteiger partial charge in [0.25, 0.3) is 0 Å². The Labute approximate surface area is 172 Å². The van der Waals surface area contributed by atoms with Gasteiger partial charge < -0.3 is 4.74 Å². The van der Waals surface area contributed by atoms with Crippen LogP contribution in [0.1, 0.15) is 5.56 Å². The van der Waals surface area contributed by atoms with Gasteiger partial charge in [-0.3, -0.25) is 0 Å². The van der Waals surface area contributed by atoms with Crippen LogP contribution in [-0.4, -0.2) is 41.4 Å². The molecule has 0 aliphatic rings. The smallest absolute Gasteiger partial charge is 0.240 e. The average molecular weight is 427 g/mol. The van der Waals surface area contributed by atoms with Gasteiger partial charge >= 0.3 is 0 Å². The minimum atomic E-state index is -3.62. The second kappa shape index (κ2) is 8.17. The van der Waals surface area contributed by atoms with E-state index in [0.717, 1.165) is 5.56 Å². The highest BCUT2D eigenvalue weighted by molar-refractivity contribution is 7.89. The minimum Gasteiger partial charge on any atom is -0.475 e. The Morgan fingerprint density at radius 2 is 1.90 bits per heavy atom. The van der Waals surface area contributed by atoms with Gasteiger partial charge in [0.15, 0.2) is 11.5 Å². The van der Waals surface area contributed by atoms with E-state index in [1.807, 2.05) is 13.0 Å².